The molecule has 4 N–H and O–H groups in total. The molecule has 0 heterocycles. The molecule has 0 aliphatic heterocycles. The van der Waals surface area contributed by atoms with Crippen LogP contribution in [0.4, 0.5) is 10.5 Å². The predicted octanol–water partition coefficient (Wildman–Crippen LogP) is 2.05. The van der Waals surface area contributed by atoms with Crippen molar-refractivity contribution in [3.05, 3.63) is 26.2 Å². The molecule has 1 aromatic rings. The molecule has 0 aliphatic rings. The molecule has 6 heteroatoms. The van der Waals surface area contributed by atoms with Crippen molar-refractivity contribution in [2.45, 2.75) is 0 Å². The molecular weight excluding hydrogens is 349 g/mol. The first-order valence-electron chi connectivity index (χ1n) is 3.36. The summed E-state index contributed by atoms with van der Waals surface area (Å²) in [7, 11) is 0. The zero-order valence-electron chi connectivity index (χ0n) is 6.47. The Kier molecular flexibility index (Phi) is 3.94. The van der Waals surface area contributed by atoms with Crippen LogP contribution in [-0.2, 0) is 0 Å². The third kappa shape index (κ3) is 3.12. The van der Waals surface area contributed by atoms with Crippen LogP contribution >= 0.6 is 38.5 Å². The number of nitrogens with one attached hydrogen (secondary N) is 2. The van der Waals surface area contributed by atoms with E-state index in [2.05, 4.69) is 43.8 Å². The number of anilines is 1. The summed E-state index contributed by atoms with van der Waals surface area (Å²) in [5, 5.41) is 2.55. The van der Waals surface area contributed by atoms with Gasteiger partial charge in [0, 0.05) is 13.7 Å². The van der Waals surface area contributed by atoms with Crippen molar-refractivity contribution >= 4 is 50.2 Å². The van der Waals surface area contributed by atoms with Gasteiger partial charge in [-0.2, -0.15) is 0 Å². The summed E-state index contributed by atoms with van der Waals surface area (Å²) in [6.07, 6.45) is 0. The van der Waals surface area contributed by atoms with Gasteiger partial charge in [-0.3, -0.25) is 5.43 Å². The average Bonchev–Trinajstić information content (AvgIpc) is 2.11. The number of urea groups is 1. The molecule has 1 aromatic carbocycles. The highest BCUT2D eigenvalue weighted by molar-refractivity contribution is 14.1. The summed E-state index contributed by atoms with van der Waals surface area (Å²) in [6, 6.07) is 5.04. The molecule has 0 saturated heterocycles. The second-order valence-electron chi connectivity index (χ2n) is 2.23. The fourth-order valence-corrected chi connectivity index (χ4v) is 1.46. The lowest BCUT2D eigenvalue weighted by Gasteiger charge is -2.04. The Morgan fingerprint density at radius 3 is 2.77 bits per heavy atom. The molecule has 0 spiro atoms. The van der Waals surface area contributed by atoms with Crippen molar-refractivity contribution in [1.82, 2.24) is 5.43 Å². The van der Waals surface area contributed by atoms with Gasteiger partial charge < -0.3 is 5.32 Å². The molecule has 4 nitrogen and oxygen atoms in total. The fourth-order valence-electron chi connectivity index (χ4n) is 0.741. The number of carbonyl (C=O) groups excluding carboxylic acids is 1. The largest absolute Gasteiger partial charge is 0.333 e. The summed E-state index contributed by atoms with van der Waals surface area (Å²) < 4.78 is 2.01. The van der Waals surface area contributed by atoms with Gasteiger partial charge in [0.15, 0.2) is 0 Å². The van der Waals surface area contributed by atoms with Gasteiger partial charge in [-0.15, -0.1) is 0 Å². The van der Waals surface area contributed by atoms with Crippen molar-refractivity contribution in [3.8, 4) is 0 Å². The minimum atomic E-state index is -0.437. The van der Waals surface area contributed by atoms with Crippen LogP contribution in [-0.4, -0.2) is 6.03 Å². The van der Waals surface area contributed by atoms with Crippen molar-refractivity contribution in [1.29, 1.82) is 0 Å². The van der Waals surface area contributed by atoms with Crippen LogP contribution in [0.3, 0.4) is 0 Å². The van der Waals surface area contributed by atoms with Gasteiger partial charge >= 0.3 is 6.03 Å². The van der Waals surface area contributed by atoms with Crippen LogP contribution in [0.1, 0.15) is 0 Å². The van der Waals surface area contributed by atoms with Crippen molar-refractivity contribution in [3.63, 3.8) is 0 Å². The lowest BCUT2D eigenvalue weighted by Crippen LogP contribution is -2.34. The lowest BCUT2D eigenvalue weighted by atomic mass is 10.3. The van der Waals surface area contributed by atoms with E-state index in [1.807, 2.05) is 11.5 Å². The molecule has 0 fully saturated rings. The minimum absolute atomic E-state index is 0.437. The second kappa shape index (κ2) is 4.77. The quantitative estimate of drug-likeness (QED) is 0.312. The second-order valence-corrected chi connectivity index (χ2v) is 4.24. The Morgan fingerprint density at radius 2 is 2.23 bits per heavy atom. The third-order valence-electron chi connectivity index (χ3n) is 1.31. The highest BCUT2D eigenvalue weighted by atomic mass is 127. The highest BCUT2D eigenvalue weighted by Gasteiger charge is 2.01. The van der Waals surface area contributed by atoms with Gasteiger partial charge in [0.1, 0.15) is 0 Å². The number of hydrazine groups is 1. The molecule has 70 valence electrons. The van der Waals surface area contributed by atoms with E-state index in [1.165, 1.54) is 0 Å². The number of rotatable bonds is 1. The SMILES string of the molecule is NNC(=O)Nc1ccc(I)c(Br)c1. The minimum Gasteiger partial charge on any atom is -0.307 e. The van der Waals surface area contributed by atoms with Gasteiger partial charge in [0.2, 0.25) is 0 Å². The van der Waals surface area contributed by atoms with Crippen LogP contribution in [0.5, 0.6) is 0 Å². The molecule has 0 bridgehead atoms. The molecule has 0 atom stereocenters. The van der Waals surface area contributed by atoms with E-state index in [9.17, 15) is 4.79 Å². The summed E-state index contributed by atoms with van der Waals surface area (Å²) in [5.74, 6) is 4.91. The van der Waals surface area contributed by atoms with E-state index in [0.717, 1.165) is 8.04 Å². The first-order valence-corrected chi connectivity index (χ1v) is 5.23. The molecular formula is C7H7BrIN3O. The fraction of sp³-hybridized carbons (Fsp3) is 0. The molecule has 0 aromatic heterocycles. The number of hydrogen-bond donors (Lipinski definition) is 3. The molecule has 2 amide bonds. The molecule has 0 unspecified atom stereocenters. The molecule has 0 aliphatic carbocycles. The summed E-state index contributed by atoms with van der Waals surface area (Å²) in [5.41, 5.74) is 2.67. The number of nitrogens with two attached hydrogens (primary N) is 1. The van der Waals surface area contributed by atoms with Gasteiger partial charge in [-0.1, -0.05) is 0 Å². The standard InChI is InChI=1S/C7H7BrIN3O/c8-5-3-4(1-2-6(5)9)11-7(13)12-10/h1-3H,10H2,(H2,11,12,13). The zero-order valence-corrected chi connectivity index (χ0v) is 10.2. The van der Waals surface area contributed by atoms with E-state index in [1.54, 1.807) is 12.1 Å². The predicted molar refractivity (Wildman–Crippen MR) is 63.2 cm³/mol. The molecule has 0 saturated carbocycles. The smallest absolute Gasteiger partial charge is 0.307 e. The van der Waals surface area contributed by atoms with E-state index >= 15 is 0 Å². The Balaban J connectivity index is 2.79. The topological polar surface area (TPSA) is 67.1 Å². The van der Waals surface area contributed by atoms with Crippen molar-refractivity contribution < 1.29 is 4.79 Å². The lowest BCUT2D eigenvalue weighted by molar-refractivity contribution is 0.252. The Labute approximate surface area is 97.5 Å². The van der Waals surface area contributed by atoms with E-state index in [4.69, 9.17) is 5.84 Å². The van der Waals surface area contributed by atoms with Crippen LogP contribution < -0.4 is 16.6 Å². The van der Waals surface area contributed by atoms with Gasteiger partial charge in [0.25, 0.3) is 0 Å². The number of amides is 2. The average molecular weight is 356 g/mol. The monoisotopic (exact) mass is 355 g/mol. The number of carbonyl (C=O) groups is 1. The first-order chi connectivity index (χ1) is 6.13. The van der Waals surface area contributed by atoms with Gasteiger partial charge in [-0.25, -0.2) is 10.6 Å². The van der Waals surface area contributed by atoms with E-state index in [-0.39, 0.29) is 0 Å². The molecule has 1 rings (SSSR count). The van der Waals surface area contributed by atoms with Gasteiger partial charge in [-0.05, 0) is 56.7 Å². The number of benzene rings is 1. The summed E-state index contributed by atoms with van der Waals surface area (Å²) in [4.78, 5) is 10.8. The normalized spacial score (nSPS) is 9.46. The maximum atomic E-state index is 10.8. The molecule has 13 heavy (non-hydrogen) atoms. The zero-order chi connectivity index (χ0) is 9.84. The maximum Gasteiger partial charge on any atom is 0.333 e. The van der Waals surface area contributed by atoms with Gasteiger partial charge in [0.05, 0.1) is 0 Å². The van der Waals surface area contributed by atoms with Crippen molar-refractivity contribution in [2.24, 2.45) is 5.84 Å². The Hall–Kier alpha value is -0.340. The third-order valence-corrected chi connectivity index (χ3v) is 3.65. The summed E-state index contributed by atoms with van der Waals surface area (Å²) in [6.45, 7) is 0. The van der Waals surface area contributed by atoms with Crippen LogP contribution in [0.25, 0.3) is 0 Å². The van der Waals surface area contributed by atoms with E-state index < -0.39 is 6.03 Å². The van der Waals surface area contributed by atoms with E-state index in [0.29, 0.717) is 5.69 Å². The van der Waals surface area contributed by atoms with Crippen molar-refractivity contribution in [2.75, 3.05) is 5.32 Å². The molecule has 0 radical (unpaired) electrons. The Bertz CT molecular complexity index is 332. The maximum absolute atomic E-state index is 10.8. The highest BCUT2D eigenvalue weighted by Crippen LogP contribution is 2.22. The van der Waals surface area contributed by atoms with Crippen LogP contribution in [0.15, 0.2) is 22.7 Å². The number of hydrogen-bond acceptors (Lipinski definition) is 2. The first kappa shape index (κ1) is 10.7. The number of halogens is 2. The van der Waals surface area contributed by atoms with Crippen LogP contribution in [0.2, 0.25) is 0 Å². The van der Waals surface area contributed by atoms with Crippen LogP contribution in [0, 0.1) is 3.57 Å². The summed E-state index contributed by atoms with van der Waals surface area (Å²) >= 11 is 5.53. The Morgan fingerprint density at radius 1 is 1.54 bits per heavy atom.